The maximum atomic E-state index is 11.9. The first-order valence-electron chi connectivity index (χ1n) is 7.76. The first-order chi connectivity index (χ1) is 8.75. The van der Waals surface area contributed by atoms with Crippen LogP contribution in [0.2, 0.25) is 0 Å². The molecule has 0 spiro atoms. The van der Waals surface area contributed by atoms with Crippen molar-refractivity contribution in [2.45, 2.75) is 64.3 Å². The summed E-state index contributed by atoms with van der Waals surface area (Å²) in [7, 11) is 0. The minimum absolute atomic E-state index is 0. The Balaban J connectivity index is 0.00000180. The van der Waals surface area contributed by atoms with Gasteiger partial charge in [-0.1, -0.05) is 32.6 Å². The lowest BCUT2D eigenvalue weighted by Gasteiger charge is -2.30. The molecule has 2 N–H and O–H groups in total. The SMILES string of the molecule is CC1CCNCC1NC(=O)CCCC1CCCC1.Cl. The zero-order valence-corrected chi connectivity index (χ0v) is 12.9. The number of rotatable bonds is 5. The number of carbonyl (C=O) groups is 1. The van der Waals surface area contributed by atoms with Gasteiger partial charge in [0.15, 0.2) is 0 Å². The van der Waals surface area contributed by atoms with Gasteiger partial charge in [-0.05, 0) is 37.6 Å². The number of piperidine rings is 1. The molecule has 2 rings (SSSR count). The van der Waals surface area contributed by atoms with Gasteiger partial charge in [-0.2, -0.15) is 0 Å². The molecule has 0 aromatic rings. The quantitative estimate of drug-likeness (QED) is 0.817. The highest BCUT2D eigenvalue weighted by atomic mass is 35.5. The van der Waals surface area contributed by atoms with Crippen LogP contribution in [0.25, 0.3) is 0 Å². The van der Waals surface area contributed by atoms with Gasteiger partial charge in [-0.3, -0.25) is 4.79 Å². The molecule has 2 fully saturated rings. The molecule has 19 heavy (non-hydrogen) atoms. The summed E-state index contributed by atoms with van der Waals surface area (Å²) in [4.78, 5) is 11.9. The van der Waals surface area contributed by atoms with Crippen LogP contribution in [-0.4, -0.2) is 25.0 Å². The van der Waals surface area contributed by atoms with Gasteiger partial charge in [0.25, 0.3) is 0 Å². The van der Waals surface area contributed by atoms with Crippen LogP contribution in [0.4, 0.5) is 0 Å². The minimum Gasteiger partial charge on any atom is -0.352 e. The largest absolute Gasteiger partial charge is 0.352 e. The Morgan fingerprint density at radius 1 is 1.26 bits per heavy atom. The molecule has 0 radical (unpaired) electrons. The van der Waals surface area contributed by atoms with Crippen molar-refractivity contribution in [3.63, 3.8) is 0 Å². The normalized spacial score (nSPS) is 27.8. The van der Waals surface area contributed by atoms with E-state index in [1.165, 1.54) is 38.5 Å². The highest BCUT2D eigenvalue weighted by Crippen LogP contribution is 2.28. The number of nitrogens with one attached hydrogen (secondary N) is 2. The lowest BCUT2D eigenvalue weighted by molar-refractivity contribution is -0.122. The summed E-state index contributed by atoms with van der Waals surface area (Å²) in [6, 6.07) is 0.345. The van der Waals surface area contributed by atoms with E-state index >= 15 is 0 Å². The van der Waals surface area contributed by atoms with Crippen molar-refractivity contribution in [2.75, 3.05) is 13.1 Å². The minimum atomic E-state index is 0. The van der Waals surface area contributed by atoms with Gasteiger partial charge in [0.1, 0.15) is 0 Å². The highest BCUT2D eigenvalue weighted by molar-refractivity contribution is 5.85. The van der Waals surface area contributed by atoms with Crippen LogP contribution in [0.1, 0.15) is 58.3 Å². The highest BCUT2D eigenvalue weighted by Gasteiger charge is 2.22. The summed E-state index contributed by atoms with van der Waals surface area (Å²) in [5.41, 5.74) is 0. The van der Waals surface area contributed by atoms with Crippen molar-refractivity contribution in [3.05, 3.63) is 0 Å². The molecule has 1 aliphatic heterocycles. The van der Waals surface area contributed by atoms with Crippen LogP contribution in [0.15, 0.2) is 0 Å². The topological polar surface area (TPSA) is 41.1 Å². The zero-order valence-electron chi connectivity index (χ0n) is 12.1. The van der Waals surface area contributed by atoms with Crippen LogP contribution in [0.3, 0.4) is 0 Å². The van der Waals surface area contributed by atoms with Gasteiger partial charge < -0.3 is 10.6 Å². The average Bonchev–Trinajstić information content (AvgIpc) is 2.85. The summed E-state index contributed by atoms with van der Waals surface area (Å²) in [6.45, 7) is 4.27. The first-order valence-corrected chi connectivity index (χ1v) is 7.76. The van der Waals surface area contributed by atoms with E-state index < -0.39 is 0 Å². The van der Waals surface area contributed by atoms with Crippen LogP contribution in [0.5, 0.6) is 0 Å². The van der Waals surface area contributed by atoms with E-state index in [-0.39, 0.29) is 18.3 Å². The van der Waals surface area contributed by atoms with Gasteiger partial charge in [-0.25, -0.2) is 0 Å². The van der Waals surface area contributed by atoms with E-state index in [2.05, 4.69) is 17.6 Å². The third-order valence-electron chi connectivity index (χ3n) is 4.66. The summed E-state index contributed by atoms with van der Waals surface area (Å²) >= 11 is 0. The molecule has 112 valence electrons. The molecule has 0 bridgehead atoms. The molecule has 1 amide bonds. The zero-order chi connectivity index (χ0) is 12.8. The van der Waals surface area contributed by atoms with E-state index in [4.69, 9.17) is 0 Å². The van der Waals surface area contributed by atoms with Gasteiger partial charge >= 0.3 is 0 Å². The molecular weight excluding hydrogens is 260 g/mol. The number of hydrogen-bond donors (Lipinski definition) is 2. The molecule has 1 saturated heterocycles. The van der Waals surface area contributed by atoms with E-state index in [0.717, 1.165) is 31.8 Å². The first kappa shape index (κ1) is 16.8. The fourth-order valence-corrected chi connectivity index (χ4v) is 3.31. The molecule has 2 atom stereocenters. The Labute approximate surface area is 123 Å². The molecule has 1 saturated carbocycles. The third kappa shape index (κ3) is 5.70. The van der Waals surface area contributed by atoms with Crippen LogP contribution < -0.4 is 10.6 Å². The second-order valence-electron chi connectivity index (χ2n) is 6.19. The van der Waals surface area contributed by atoms with Crippen molar-refractivity contribution < 1.29 is 4.79 Å². The van der Waals surface area contributed by atoms with Crippen molar-refractivity contribution in [3.8, 4) is 0 Å². The van der Waals surface area contributed by atoms with Crippen molar-refractivity contribution in [1.29, 1.82) is 0 Å². The number of halogens is 1. The molecular formula is C15H29ClN2O. The molecule has 1 heterocycles. The number of amides is 1. The van der Waals surface area contributed by atoms with Crippen LogP contribution in [-0.2, 0) is 4.79 Å². The van der Waals surface area contributed by atoms with Gasteiger partial charge in [0.05, 0.1) is 0 Å². The van der Waals surface area contributed by atoms with Gasteiger partial charge in [0, 0.05) is 19.0 Å². The predicted molar refractivity (Wildman–Crippen MR) is 81.6 cm³/mol. The lowest BCUT2D eigenvalue weighted by Crippen LogP contribution is -2.50. The van der Waals surface area contributed by atoms with E-state index in [9.17, 15) is 4.79 Å². The number of hydrogen-bond acceptors (Lipinski definition) is 2. The Kier molecular flexibility index (Phi) is 7.77. The Morgan fingerprint density at radius 2 is 2.00 bits per heavy atom. The third-order valence-corrected chi connectivity index (χ3v) is 4.66. The summed E-state index contributed by atoms with van der Waals surface area (Å²) in [6.07, 6.45) is 9.82. The standard InChI is InChI=1S/C15H28N2O.ClH/c1-12-9-10-16-11-14(12)17-15(18)8-4-7-13-5-2-3-6-13;/h12-14,16H,2-11H2,1H3,(H,17,18);1H. The molecule has 3 nitrogen and oxygen atoms in total. The van der Waals surface area contributed by atoms with Gasteiger partial charge in [-0.15, -0.1) is 12.4 Å². The van der Waals surface area contributed by atoms with Crippen molar-refractivity contribution >= 4 is 18.3 Å². The second kappa shape index (κ2) is 8.80. The summed E-state index contributed by atoms with van der Waals surface area (Å²) in [5, 5.41) is 6.55. The van der Waals surface area contributed by atoms with Crippen molar-refractivity contribution in [1.82, 2.24) is 10.6 Å². The Morgan fingerprint density at radius 3 is 2.68 bits per heavy atom. The molecule has 0 aromatic heterocycles. The van der Waals surface area contributed by atoms with Crippen molar-refractivity contribution in [2.24, 2.45) is 11.8 Å². The monoisotopic (exact) mass is 288 g/mol. The maximum Gasteiger partial charge on any atom is 0.220 e. The molecule has 0 aromatic carbocycles. The second-order valence-corrected chi connectivity index (χ2v) is 6.19. The smallest absolute Gasteiger partial charge is 0.220 e. The molecule has 2 aliphatic rings. The summed E-state index contributed by atoms with van der Waals surface area (Å²) < 4.78 is 0. The van der Waals surface area contributed by atoms with E-state index in [0.29, 0.717) is 12.0 Å². The fourth-order valence-electron chi connectivity index (χ4n) is 3.31. The van der Waals surface area contributed by atoms with Crippen LogP contribution >= 0.6 is 12.4 Å². The van der Waals surface area contributed by atoms with Crippen LogP contribution in [0, 0.1) is 11.8 Å². The Hall–Kier alpha value is -0.280. The maximum absolute atomic E-state index is 11.9. The predicted octanol–water partition coefficient (Wildman–Crippen LogP) is 2.88. The molecule has 4 heteroatoms. The fraction of sp³-hybridized carbons (Fsp3) is 0.933. The molecule has 2 unspecified atom stereocenters. The van der Waals surface area contributed by atoms with E-state index in [1.807, 2.05) is 0 Å². The van der Waals surface area contributed by atoms with Gasteiger partial charge in [0.2, 0.25) is 5.91 Å². The molecule has 1 aliphatic carbocycles. The average molecular weight is 289 g/mol. The summed E-state index contributed by atoms with van der Waals surface area (Å²) in [5.74, 6) is 1.78. The van der Waals surface area contributed by atoms with E-state index in [1.54, 1.807) is 0 Å². The lowest BCUT2D eigenvalue weighted by atomic mass is 9.94. The number of carbonyl (C=O) groups excluding carboxylic acids is 1. The Bertz CT molecular complexity index is 267.